The molecular formula is C13H25N5O. The Morgan fingerprint density at radius 1 is 1.53 bits per heavy atom. The molecule has 1 aromatic rings. The second-order valence-corrected chi connectivity index (χ2v) is 5.25. The maximum absolute atomic E-state index is 5.79. The van der Waals surface area contributed by atoms with Gasteiger partial charge in [-0.1, -0.05) is 0 Å². The van der Waals surface area contributed by atoms with Gasteiger partial charge in [-0.25, -0.2) is 0 Å². The lowest BCUT2D eigenvalue weighted by Crippen LogP contribution is -2.49. The van der Waals surface area contributed by atoms with E-state index >= 15 is 0 Å². The molecule has 0 aromatic carbocycles. The summed E-state index contributed by atoms with van der Waals surface area (Å²) in [5.74, 6) is 0.985. The summed E-state index contributed by atoms with van der Waals surface area (Å²) in [4.78, 5) is 2.46. The molecule has 1 unspecified atom stereocenters. The van der Waals surface area contributed by atoms with Gasteiger partial charge in [-0.2, -0.15) is 0 Å². The van der Waals surface area contributed by atoms with E-state index in [0.29, 0.717) is 6.04 Å². The predicted octanol–water partition coefficient (Wildman–Crippen LogP) is 0.497. The molecule has 0 saturated carbocycles. The van der Waals surface area contributed by atoms with Crippen molar-refractivity contribution in [2.75, 3.05) is 26.2 Å². The van der Waals surface area contributed by atoms with Crippen molar-refractivity contribution < 1.29 is 4.74 Å². The Morgan fingerprint density at radius 3 is 3.11 bits per heavy atom. The number of aromatic nitrogens is 3. The average molecular weight is 267 g/mol. The summed E-state index contributed by atoms with van der Waals surface area (Å²) in [5.41, 5.74) is 0. The molecule has 6 nitrogen and oxygen atoms in total. The van der Waals surface area contributed by atoms with Crippen molar-refractivity contribution in [1.29, 1.82) is 0 Å². The van der Waals surface area contributed by atoms with Gasteiger partial charge in [0.25, 0.3) is 0 Å². The highest BCUT2D eigenvalue weighted by atomic mass is 16.5. The lowest BCUT2D eigenvalue weighted by atomic mass is 10.2. The van der Waals surface area contributed by atoms with E-state index in [9.17, 15) is 0 Å². The van der Waals surface area contributed by atoms with Crippen LogP contribution >= 0.6 is 0 Å². The van der Waals surface area contributed by atoms with Gasteiger partial charge in [0.15, 0.2) is 0 Å². The van der Waals surface area contributed by atoms with Crippen LogP contribution in [-0.2, 0) is 17.8 Å². The number of rotatable bonds is 6. The molecular weight excluding hydrogens is 242 g/mol. The van der Waals surface area contributed by atoms with Crippen molar-refractivity contribution in [2.45, 2.75) is 46.0 Å². The van der Waals surface area contributed by atoms with Crippen LogP contribution in [0.25, 0.3) is 0 Å². The highest BCUT2D eigenvalue weighted by molar-refractivity contribution is 4.85. The van der Waals surface area contributed by atoms with Crippen molar-refractivity contribution in [2.24, 2.45) is 0 Å². The Hall–Kier alpha value is -0.980. The van der Waals surface area contributed by atoms with E-state index in [1.54, 1.807) is 6.33 Å². The minimum atomic E-state index is 0.272. The topological polar surface area (TPSA) is 55.2 Å². The first-order chi connectivity index (χ1) is 9.20. The fourth-order valence-corrected chi connectivity index (χ4v) is 2.36. The minimum absolute atomic E-state index is 0.272. The Bertz CT molecular complexity index is 379. The Balaban J connectivity index is 1.73. The maximum atomic E-state index is 5.79. The Labute approximate surface area is 115 Å². The van der Waals surface area contributed by atoms with E-state index in [4.69, 9.17) is 4.74 Å². The lowest BCUT2D eigenvalue weighted by molar-refractivity contribution is -0.0373. The number of aryl methyl sites for hydroxylation is 1. The van der Waals surface area contributed by atoms with Crippen LogP contribution in [0.1, 0.15) is 26.6 Å². The molecule has 1 aliphatic rings. The third kappa shape index (κ3) is 3.99. The van der Waals surface area contributed by atoms with Gasteiger partial charge in [-0.3, -0.25) is 4.90 Å². The third-order valence-corrected chi connectivity index (χ3v) is 3.59. The molecule has 1 atom stereocenters. The minimum Gasteiger partial charge on any atom is -0.374 e. The fourth-order valence-electron chi connectivity index (χ4n) is 2.36. The van der Waals surface area contributed by atoms with Gasteiger partial charge < -0.3 is 14.6 Å². The van der Waals surface area contributed by atoms with Gasteiger partial charge in [-0.15, -0.1) is 10.2 Å². The summed E-state index contributed by atoms with van der Waals surface area (Å²) in [6.07, 6.45) is 2.04. The van der Waals surface area contributed by atoms with Gasteiger partial charge in [0.05, 0.1) is 19.3 Å². The fraction of sp³-hybridized carbons (Fsp3) is 0.846. The summed E-state index contributed by atoms with van der Waals surface area (Å²) in [6, 6.07) is 0.592. The molecule has 0 aliphatic carbocycles. The first kappa shape index (κ1) is 14.4. The summed E-state index contributed by atoms with van der Waals surface area (Å²) in [6.45, 7) is 12.0. The number of hydrogen-bond acceptors (Lipinski definition) is 5. The van der Waals surface area contributed by atoms with Crippen LogP contribution in [0.4, 0.5) is 0 Å². The molecule has 0 spiro atoms. The van der Waals surface area contributed by atoms with Gasteiger partial charge in [0.2, 0.25) is 0 Å². The van der Waals surface area contributed by atoms with E-state index in [0.717, 1.165) is 45.2 Å². The first-order valence-electron chi connectivity index (χ1n) is 7.13. The summed E-state index contributed by atoms with van der Waals surface area (Å²) in [7, 11) is 0. The quantitative estimate of drug-likeness (QED) is 0.813. The molecule has 0 bridgehead atoms. The number of ether oxygens (including phenoxy) is 1. The van der Waals surface area contributed by atoms with Crippen molar-refractivity contribution in [3.63, 3.8) is 0 Å². The van der Waals surface area contributed by atoms with Crippen molar-refractivity contribution in [3.8, 4) is 0 Å². The molecule has 6 heteroatoms. The molecule has 2 rings (SSSR count). The molecule has 1 saturated heterocycles. The zero-order chi connectivity index (χ0) is 13.7. The summed E-state index contributed by atoms with van der Waals surface area (Å²) in [5, 5.41) is 11.5. The monoisotopic (exact) mass is 267 g/mol. The van der Waals surface area contributed by atoms with Crippen LogP contribution in [0.15, 0.2) is 6.33 Å². The zero-order valence-corrected chi connectivity index (χ0v) is 12.2. The van der Waals surface area contributed by atoms with Gasteiger partial charge >= 0.3 is 0 Å². The normalized spacial score (nSPS) is 21.2. The van der Waals surface area contributed by atoms with E-state index in [-0.39, 0.29) is 6.10 Å². The summed E-state index contributed by atoms with van der Waals surface area (Å²) < 4.78 is 7.84. The second kappa shape index (κ2) is 6.98. The molecule has 108 valence electrons. The number of hydrogen-bond donors (Lipinski definition) is 1. The van der Waals surface area contributed by atoms with E-state index in [1.807, 2.05) is 0 Å². The van der Waals surface area contributed by atoms with E-state index < -0.39 is 0 Å². The third-order valence-electron chi connectivity index (χ3n) is 3.59. The van der Waals surface area contributed by atoms with Crippen LogP contribution in [0.3, 0.4) is 0 Å². The molecule has 0 amide bonds. The molecule has 19 heavy (non-hydrogen) atoms. The maximum Gasteiger partial charge on any atom is 0.146 e. The molecule has 0 radical (unpaired) electrons. The molecule has 1 fully saturated rings. The Kier molecular flexibility index (Phi) is 5.30. The van der Waals surface area contributed by atoms with E-state index in [2.05, 4.69) is 45.8 Å². The van der Waals surface area contributed by atoms with Crippen molar-refractivity contribution >= 4 is 0 Å². The SMILES string of the molecule is CCn1cnnc1CNCC1CN(C(C)C)CCO1. The zero-order valence-electron chi connectivity index (χ0n) is 12.2. The van der Waals surface area contributed by atoms with Crippen LogP contribution in [0, 0.1) is 0 Å². The second-order valence-electron chi connectivity index (χ2n) is 5.25. The first-order valence-corrected chi connectivity index (χ1v) is 7.13. The van der Waals surface area contributed by atoms with Crippen LogP contribution in [0.5, 0.6) is 0 Å². The van der Waals surface area contributed by atoms with Crippen molar-refractivity contribution in [1.82, 2.24) is 25.0 Å². The molecule has 1 N–H and O–H groups in total. The molecule has 1 aromatic heterocycles. The predicted molar refractivity (Wildman–Crippen MR) is 73.9 cm³/mol. The largest absolute Gasteiger partial charge is 0.374 e. The summed E-state index contributed by atoms with van der Waals surface area (Å²) >= 11 is 0. The molecule has 1 aliphatic heterocycles. The van der Waals surface area contributed by atoms with Gasteiger partial charge in [-0.05, 0) is 20.8 Å². The molecule has 2 heterocycles. The lowest BCUT2D eigenvalue weighted by Gasteiger charge is -2.35. The Morgan fingerprint density at radius 2 is 2.37 bits per heavy atom. The van der Waals surface area contributed by atoms with Crippen LogP contribution < -0.4 is 5.32 Å². The van der Waals surface area contributed by atoms with Crippen molar-refractivity contribution in [3.05, 3.63) is 12.2 Å². The number of morpholine rings is 1. The van der Waals surface area contributed by atoms with Gasteiger partial charge in [0.1, 0.15) is 12.2 Å². The smallest absolute Gasteiger partial charge is 0.146 e. The van der Waals surface area contributed by atoms with E-state index in [1.165, 1.54) is 0 Å². The van der Waals surface area contributed by atoms with Crippen LogP contribution in [-0.4, -0.2) is 58.1 Å². The average Bonchev–Trinajstić information content (AvgIpc) is 2.86. The highest BCUT2D eigenvalue weighted by Crippen LogP contribution is 2.08. The highest BCUT2D eigenvalue weighted by Gasteiger charge is 2.21. The number of nitrogens with zero attached hydrogens (tertiary/aromatic N) is 4. The van der Waals surface area contributed by atoms with Gasteiger partial charge in [0, 0.05) is 32.2 Å². The standard InChI is InChI=1S/C13H25N5O/c1-4-17-10-15-16-13(17)8-14-7-12-9-18(11(2)3)5-6-19-12/h10-12,14H,4-9H2,1-3H3. The van der Waals surface area contributed by atoms with Crippen LogP contribution in [0.2, 0.25) is 0 Å². The number of nitrogens with one attached hydrogen (secondary N) is 1.